The second-order valence-electron chi connectivity index (χ2n) is 7.67. The highest BCUT2D eigenvalue weighted by Crippen LogP contribution is 2.29. The quantitative estimate of drug-likeness (QED) is 0.291. The first-order valence-corrected chi connectivity index (χ1v) is 11.9. The smallest absolute Gasteiger partial charge is 0.408 e. The zero-order chi connectivity index (χ0) is 24.0. The third-order valence-corrected chi connectivity index (χ3v) is 6.08. The topological polar surface area (TPSA) is 94.8 Å². The Morgan fingerprint density at radius 1 is 1.03 bits per heavy atom. The van der Waals surface area contributed by atoms with E-state index >= 15 is 0 Å². The fourth-order valence-corrected chi connectivity index (χ4v) is 3.78. The molecule has 1 heterocycles. The van der Waals surface area contributed by atoms with E-state index in [1.54, 1.807) is 37.7 Å². The molecule has 0 aliphatic heterocycles. The lowest BCUT2D eigenvalue weighted by atomic mass is 10.0. The van der Waals surface area contributed by atoms with Crippen LogP contribution in [-0.2, 0) is 16.1 Å². The number of hydrogen-bond acceptors (Lipinski definition) is 7. The van der Waals surface area contributed by atoms with Gasteiger partial charge in [-0.1, -0.05) is 30.3 Å². The number of rotatable bonds is 8. The number of thioether (sulfide) groups is 1. The summed E-state index contributed by atoms with van der Waals surface area (Å²) < 4.78 is 16.3. The number of ether oxygens (including phenoxy) is 2. The van der Waals surface area contributed by atoms with Gasteiger partial charge in [0.15, 0.2) is 0 Å². The molecule has 0 aliphatic carbocycles. The Hall–Kier alpha value is -3.26. The monoisotopic (exact) mass is 469 g/mol. The molecule has 33 heavy (non-hydrogen) atoms. The van der Waals surface area contributed by atoms with Gasteiger partial charge in [-0.25, -0.2) is 14.4 Å². The zero-order valence-corrected chi connectivity index (χ0v) is 19.9. The number of carbonyl (C=O) groups is 2. The lowest BCUT2D eigenvalue weighted by Crippen LogP contribution is -2.43. The molecular formula is C25H27NO6S. The molecule has 1 N–H and O–H groups in total. The summed E-state index contributed by atoms with van der Waals surface area (Å²) in [6.45, 7) is 5.38. The number of benzene rings is 2. The van der Waals surface area contributed by atoms with Gasteiger partial charge in [0.1, 0.15) is 24.0 Å². The minimum atomic E-state index is -0.886. The molecule has 0 saturated carbocycles. The molecule has 0 spiro atoms. The number of nitrogens with one attached hydrogen (secondary N) is 1. The summed E-state index contributed by atoms with van der Waals surface area (Å²) in [5.41, 5.74) is 2.70. The van der Waals surface area contributed by atoms with Crippen LogP contribution in [0.25, 0.3) is 11.0 Å². The molecule has 0 bridgehead atoms. The molecule has 0 radical (unpaired) electrons. The van der Waals surface area contributed by atoms with E-state index in [0.29, 0.717) is 28.9 Å². The number of carbonyl (C=O) groups excluding carboxylic acids is 2. The van der Waals surface area contributed by atoms with Crippen molar-refractivity contribution in [1.82, 2.24) is 5.32 Å². The Labute approximate surface area is 196 Å². The van der Waals surface area contributed by atoms with Crippen LogP contribution in [0, 0.1) is 20.8 Å². The predicted octanol–water partition coefficient (Wildman–Crippen LogP) is 4.67. The molecule has 0 aliphatic rings. The predicted molar refractivity (Wildman–Crippen MR) is 129 cm³/mol. The molecule has 3 aromatic rings. The fourth-order valence-electron chi connectivity index (χ4n) is 3.31. The van der Waals surface area contributed by atoms with E-state index in [1.165, 1.54) is 0 Å². The van der Waals surface area contributed by atoms with Crippen LogP contribution in [0.5, 0.6) is 5.75 Å². The van der Waals surface area contributed by atoms with Crippen LogP contribution < -0.4 is 15.7 Å². The first-order chi connectivity index (χ1) is 15.8. The maximum Gasteiger partial charge on any atom is 0.408 e. The average Bonchev–Trinajstić information content (AvgIpc) is 2.81. The molecule has 3 rings (SSSR count). The van der Waals surface area contributed by atoms with Crippen molar-refractivity contribution in [1.29, 1.82) is 0 Å². The largest absolute Gasteiger partial charge is 0.445 e. The van der Waals surface area contributed by atoms with Crippen molar-refractivity contribution in [3.63, 3.8) is 0 Å². The number of fused-ring (bicyclic) bond motifs is 1. The lowest BCUT2D eigenvalue weighted by Gasteiger charge is -2.18. The summed E-state index contributed by atoms with van der Waals surface area (Å²) in [6, 6.07) is 11.8. The van der Waals surface area contributed by atoms with Crippen LogP contribution in [0.2, 0.25) is 0 Å². The van der Waals surface area contributed by atoms with Crippen LogP contribution in [0.4, 0.5) is 4.79 Å². The van der Waals surface area contributed by atoms with E-state index in [-0.39, 0.29) is 12.4 Å². The maximum atomic E-state index is 12.9. The normalized spacial score (nSPS) is 11.8. The fraction of sp³-hybridized carbons (Fsp3) is 0.320. The van der Waals surface area contributed by atoms with Gasteiger partial charge >= 0.3 is 17.7 Å². The van der Waals surface area contributed by atoms with Crippen molar-refractivity contribution in [2.75, 3.05) is 12.0 Å². The van der Waals surface area contributed by atoms with E-state index in [4.69, 9.17) is 13.9 Å². The molecule has 7 nitrogen and oxygen atoms in total. The van der Waals surface area contributed by atoms with Gasteiger partial charge in [-0.15, -0.1) is 0 Å². The van der Waals surface area contributed by atoms with Crippen LogP contribution in [0.3, 0.4) is 0 Å². The maximum absolute atomic E-state index is 12.9. The van der Waals surface area contributed by atoms with Gasteiger partial charge in [0.05, 0.1) is 0 Å². The van der Waals surface area contributed by atoms with Gasteiger partial charge in [0.2, 0.25) is 0 Å². The summed E-state index contributed by atoms with van der Waals surface area (Å²) in [4.78, 5) is 37.3. The Balaban J connectivity index is 1.74. The molecular weight excluding hydrogens is 442 g/mol. The van der Waals surface area contributed by atoms with Gasteiger partial charge in [0.25, 0.3) is 0 Å². The second-order valence-corrected chi connectivity index (χ2v) is 8.65. The average molecular weight is 470 g/mol. The number of esters is 1. The summed E-state index contributed by atoms with van der Waals surface area (Å²) in [7, 11) is 0. The van der Waals surface area contributed by atoms with E-state index in [1.807, 2.05) is 43.5 Å². The van der Waals surface area contributed by atoms with Gasteiger partial charge in [-0.3, -0.25) is 0 Å². The second kappa shape index (κ2) is 11.0. The van der Waals surface area contributed by atoms with Crippen LogP contribution in [0.15, 0.2) is 51.7 Å². The minimum Gasteiger partial charge on any atom is -0.445 e. The third kappa shape index (κ3) is 5.96. The number of aryl methyl sites for hydroxylation is 2. The van der Waals surface area contributed by atoms with E-state index in [0.717, 1.165) is 16.5 Å². The van der Waals surface area contributed by atoms with Crippen molar-refractivity contribution in [3.05, 3.63) is 75.1 Å². The SMILES string of the molecule is CSCC[C@H](NC(=O)OCc1ccccc1)C(=O)Oc1ccc2c(C)c(C)c(=O)oc2c1C. The summed E-state index contributed by atoms with van der Waals surface area (Å²) >= 11 is 1.55. The van der Waals surface area contributed by atoms with Crippen molar-refractivity contribution in [3.8, 4) is 5.75 Å². The van der Waals surface area contributed by atoms with Crippen molar-refractivity contribution in [2.24, 2.45) is 0 Å². The number of hydrogen-bond donors (Lipinski definition) is 1. The first-order valence-electron chi connectivity index (χ1n) is 10.5. The number of alkyl carbamates (subject to hydrolysis) is 1. The molecule has 8 heteroatoms. The zero-order valence-electron chi connectivity index (χ0n) is 19.1. The third-order valence-electron chi connectivity index (χ3n) is 5.43. The van der Waals surface area contributed by atoms with E-state index in [2.05, 4.69) is 5.32 Å². The Kier molecular flexibility index (Phi) is 8.16. The Morgan fingerprint density at radius 3 is 2.45 bits per heavy atom. The molecule has 1 amide bonds. The number of amides is 1. The van der Waals surface area contributed by atoms with Gasteiger partial charge in [-0.2, -0.15) is 11.8 Å². The van der Waals surface area contributed by atoms with Crippen LogP contribution >= 0.6 is 11.8 Å². The summed E-state index contributed by atoms with van der Waals surface area (Å²) in [5.74, 6) is 0.296. The van der Waals surface area contributed by atoms with Crippen LogP contribution in [-0.4, -0.2) is 30.1 Å². The van der Waals surface area contributed by atoms with Crippen molar-refractivity contribution < 1.29 is 23.5 Å². The Morgan fingerprint density at radius 2 is 1.76 bits per heavy atom. The molecule has 174 valence electrons. The van der Waals surface area contributed by atoms with Gasteiger partial charge in [-0.05, 0) is 62.5 Å². The lowest BCUT2D eigenvalue weighted by molar-refractivity contribution is -0.136. The molecule has 0 saturated heterocycles. The Bertz CT molecular complexity index is 1200. The highest BCUT2D eigenvalue weighted by atomic mass is 32.2. The summed E-state index contributed by atoms with van der Waals surface area (Å²) in [5, 5.41) is 3.39. The molecule has 1 atom stereocenters. The summed E-state index contributed by atoms with van der Waals surface area (Å²) in [6.07, 6.45) is 1.59. The van der Waals surface area contributed by atoms with Gasteiger partial charge in [0, 0.05) is 16.5 Å². The highest BCUT2D eigenvalue weighted by molar-refractivity contribution is 7.98. The van der Waals surface area contributed by atoms with E-state index < -0.39 is 23.7 Å². The first kappa shape index (κ1) is 24.4. The van der Waals surface area contributed by atoms with Crippen molar-refractivity contribution in [2.45, 2.75) is 39.8 Å². The van der Waals surface area contributed by atoms with Crippen LogP contribution in [0.1, 0.15) is 28.7 Å². The minimum absolute atomic E-state index is 0.0958. The van der Waals surface area contributed by atoms with Gasteiger partial charge < -0.3 is 19.2 Å². The molecule has 0 unspecified atom stereocenters. The van der Waals surface area contributed by atoms with E-state index in [9.17, 15) is 14.4 Å². The van der Waals surface area contributed by atoms with Crippen molar-refractivity contribution >= 4 is 34.8 Å². The molecule has 2 aromatic carbocycles. The molecule has 0 fully saturated rings. The standard InChI is InChI=1S/C25H27NO6S/c1-15-16(2)23(27)32-22-17(3)21(11-10-19(15)22)31-24(28)20(12-13-33-4)26-25(29)30-14-18-8-6-5-7-9-18/h5-11,20H,12-14H2,1-4H3,(H,26,29)/t20-/m0/s1. The molecule has 1 aromatic heterocycles. The highest BCUT2D eigenvalue weighted by Gasteiger charge is 2.25.